The molecule has 7 rings (SSSR count). The van der Waals surface area contributed by atoms with Crippen LogP contribution in [0.25, 0.3) is 22.3 Å². The maximum Gasteiger partial charge on any atom is 0.252 e. The summed E-state index contributed by atoms with van der Waals surface area (Å²) in [5, 5.41) is 4.97. The van der Waals surface area contributed by atoms with Crippen molar-refractivity contribution in [2.24, 2.45) is 0 Å². The van der Waals surface area contributed by atoms with E-state index in [2.05, 4.69) is 27.4 Å². The number of carbonyl (C=O) groups is 2. The largest absolute Gasteiger partial charge is 0.352 e. The first-order chi connectivity index (χ1) is 23.7. The summed E-state index contributed by atoms with van der Waals surface area (Å²) in [5.41, 5.74) is 3.25. The van der Waals surface area contributed by atoms with Crippen LogP contribution < -0.4 is 15.5 Å². The fourth-order valence-corrected chi connectivity index (χ4v) is 8.29. The number of nitrogens with zero attached hydrogens (tertiary/aromatic N) is 5. The predicted octanol–water partition coefficient (Wildman–Crippen LogP) is 8.14. The lowest BCUT2D eigenvalue weighted by Crippen LogP contribution is -2.64. The van der Waals surface area contributed by atoms with Gasteiger partial charge in [0.15, 0.2) is 17.5 Å². The van der Waals surface area contributed by atoms with Gasteiger partial charge in [-0.15, -0.1) is 0 Å². The Bertz CT molecular complexity index is 2010. The monoisotopic (exact) mass is 703 g/mol. The first kappa shape index (κ1) is 34.4. The Kier molecular flexibility index (Phi) is 8.66. The summed E-state index contributed by atoms with van der Waals surface area (Å²) in [6, 6.07) is 9.10. The lowest BCUT2D eigenvalue weighted by Gasteiger charge is -2.55. The van der Waals surface area contributed by atoms with Crippen LogP contribution in [0, 0.1) is 11.6 Å². The van der Waals surface area contributed by atoms with Crippen LogP contribution in [0.5, 0.6) is 0 Å². The van der Waals surface area contributed by atoms with E-state index in [9.17, 15) is 9.59 Å². The second-order valence-electron chi connectivity index (χ2n) is 15.0. The summed E-state index contributed by atoms with van der Waals surface area (Å²) in [7, 11) is 0. The molecule has 1 saturated carbocycles. The van der Waals surface area contributed by atoms with Gasteiger partial charge in [0.1, 0.15) is 5.52 Å². The Morgan fingerprint density at radius 1 is 1.06 bits per heavy atom. The van der Waals surface area contributed by atoms with Crippen LogP contribution in [0.4, 0.5) is 26.0 Å². The summed E-state index contributed by atoms with van der Waals surface area (Å²) < 4.78 is 32.4. The van der Waals surface area contributed by atoms with Crippen molar-refractivity contribution in [1.82, 2.24) is 24.8 Å². The molecule has 0 radical (unpaired) electrons. The van der Waals surface area contributed by atoms with Gasteiger partial charge in [-0.3, -0.25) is 14.5 Å². The molecule has 4 heterocycles. The molecule has 2 amide bonds. The van der Waals surface area contributed by atoms with Gasteiger partial charge in [-0.25, -0.2) is 18.7 Å². The third-order valence-corrected chi connectivity index (χ3v) is 11.3. The van der Waals surface area contributed by atoms with Crippen molar-refractivity contribution in [1.29, 1.82) is 0 Å². The third-order valence-electron chi connectivity index (χ3n) is 10.9. The molecule has 0 bridgehead atoms. The molecule has 2 N–H and O–H groups in total. The van der Waals surface area contributed by atoms with Gasteiger partial charge in [0.05, 0.1) is 39.2 Å². The zero-order valence-corrected chi connectivity index (χ0v) is 30.2. The van der Waals surface area contributed by atoms with Gasteiger partial charge in [0, 0.05) is 35.4 Å². The second kappa shape index (κ2) is 12.6. The van der Waals surface area contributed by atoms with Crippen molar-refractivity contribution in [2.45, 2.75) is 96.7 Å². The minimum atomic E-state index is -1.33. The molecule has 0 unspecified atom stereocenters. The number of rotatable bonds is 8. The number of nitrogens with one attached hydrogen (secondary N) is 2. The number of imidazole rings is 1. The number of halogens is 3. The molecule has 2 aromatic heterocycles. The molecule has 9 nitrogen and oxygen atoms in total. The van der Waals surface area contributed by atoms with Crippen molar-refractivity contribution < 1.29 is 18.4 Å². The van der Waals surface area contributed by atoms with Crippen LogP contribution >= 0.6 is 11.6 Å². The van der Waals surface area contributed by atoms with E-state index in [1.165, 1.54) is 25.3 Å². The average Bonchev–Trinajstić information content (AvgIpc) is 3.60. The Balaban J connectivity index is 1.29. The van der Waals surface area contributed by atoms with Gasteiger partial charge < -0.3 is 20.1 Å². The number of aromatic nitrogens is 3. The van der Waals surface area contributed by atoms with E-state index in [4.69, 9.17) is 16.6 Å². The summed E-state index contributed by atoms with van der Waals surface area (Å²) in [4.78, 5) is 40.9. The smallest absolute Gasteiger partial charge is 0.252 e. The molecule has 1 saturated heterocycles. The van der Waals surface area contributed by atoms with Crippen LogP contribution in [0.1, 0.15) is 95.6 Å². The van der Waals surface area contributed by atoms with Crippen LogP contribution in [0.3, 0.4) is 0 Å². The molecule has 3 aliphatic rings. The highest BCUT2D eigenvalue weighted by molar-refractivity contribution is 6.34. The first-order valence-electron chi connectivity index (χ1n) is 17.6. The minimum absolute atomic E-state index is 0.0224. The van der Waals surface area contributed by atoms with E-state index < -0.39 is 28.0 Å². The number of hydrogen-bond donors (Lipinski definition) is 2. The number of benzene rings is 2. The van der Waals surface area contributed by atoms with Gasteiger partial charge in [0.2, 0.25) is 5.91 Å². The average molecular weight is 704 g/mol. The maximum atomic E-state index is 15.4. The van der Waals surface area contributed by atoms with E-state index in [1.54, 1.807) is 13.3 Å². The first-order valence-corrected chi connectivity index (χ1v) is 18.0. The minimum Gasteiger partial charge on any atom is -0.352 e. The van der Waals surface area contributed by atoms with Crippen molar-refractivity contribution in [3.63, 3.8) is 0 Å². The molecule has 50 heavy (non-hydrogen) atoms. The van der Waals surface area contributed by atoms with Crippen molar-refractivity contribution in [2.75, 3.05) is 29.9 Å². The molecule has 264 valence electrons. The zero-order chi connectivity index (χ0) is 35.7. The molecule has 1 aliphatic carbocycles. The van der Waals surface area contributed by atoms with Gasteiger partial charge >= 0.3 is 0 Å². The Morgan fingerprint density at radius 2 is 1.78 bits per heavy atom. The molecule has 0 atom stereocenters. The van der Waals surface area contributed by atoms with Gasteiger partial charge in [-0.2, -0.15) is 0 Å². The van der Waals surface area contributed by atoms with E-state index >= 15 is 8.78 Å². The van der Waals surface area contributed by atoms with Crippen LogP contribution in [-0.4, -0.2) is 62.5 Å². The lowest BCUT2D eigenvalue weighted by atomic mass is 9.71. The highest BCUT2D eigenvalue weighted by Gasteiger charge is 2.54. The van der Waals surface area contributed by atoms with Crippen LogP contribution in [0.15, 0.2) is 36.7 Å². The molecule has 2 aromatic carbocycles. The number of anilines is 3. The number of likely N-dealkylation sites (tertiary alicyclic amines) is 1. The van der Waals surface area contributed by atoms with Gasteiger partial charge in [-0.05, 0) is 104 Å². The molecule has 12 heteroatoms. The van der Waals surface area contributed by atoms with Crippen LogP contribution in [-0.2, 0) is 10.2 Å². The van der Waals surface area contributed by atoms with E-state index in [1.807, 2.05) is 61.4 Å². The fraction of sp³-hybridized carbons (Fsp3) is 0.474. The molecular weight excluding hydrogens is 660 g/mol. The Morgan fingerprint density at radius 3 is 2.46 bits per heavy atom. The summed E-state index contributed by atoms with van der Waals surface area (Å²) in [5.74, 6) is -2.86. The summed E-state index contributed by atoms with van der Waals surface area (Å²) >= 11 is 6.07. The number of piperidine rings is 1. The van der Waals surface area contributed by atoms with E-state index in [0.29, 0.717) is 16.7 Å². The molecule has 0 spiro atoms. The number of pyridine rings is 1. The van der Waals surface area contributed by atoms with E-state index in [-0.39, 0.29) is 47.1 Å². The topological polar surface area (TPSA) is 95.4 Å². The maximum absolute atomic E-state index is 15.4. The fourth-order valence-electron chi connectivity index (χ4n) is 8.07. The van der Waals surface area contributed by atoms with Crippen molar-refractivity contribution >= 4 is 51.6 Å². The molecule has 2 aliphatic heterocycles. The Labute approximate surface area is 296 Å². The van der Waals surface area contributed by atoms with E-state index in [0.717, 1.165) is 42.7 Å². The molecule has 4 aromatic rings. The molecular formula is C38H44ClF2N7O2. The van der Waals surface area contributed by atoms with Crippen molar-refractivity contribution in [3.05, 3.63) is 64.4 Å². The summed E-state index contributed by atoms with van der Waals surface area (Å²) in [6.07, 6.45) is 7.26. The highest BCUT2D eigenvalue weighted by atomic mass is 35.5. The number of amides is 2. The van der Waals surface area contributed by atoms with Gasteiger partial charge in [0.25, 0.3) is 5.91 Å². The lowest BCUT2D eigenvalue weighted by molar-refractivity contribution is -0.123. The number of hydrogen-bond acceptors (Lipinski definition) is 6. The van der Waals surface area contributed by atoms with Gasteiger partial charge in [-0.1, -0.05) is 30.2 Å². The zero-order valence-electron chi connectivity index (χ0n) is 29.5. The second-order valence-corrected chi connectivity index (χ2v) is 15.4. The number of fused-ring (bicyclic) bond motifs is 2. The third kappa shape index (κ3) is 5.53. The summed E-state index contributed by atoms with van der Waals surface area (Å²) in [6.45, 7) is 14.5. The predicted molar refractivity (Wildman–Crippen MR) is 193 cm³/mol. The Hall–Kier alpha value is -4.09. The SMILES string of the molecule is CCNC(=O)c1cc(Nc2nc(-c3ccc4c(c3)N(C3CC(C)(N5CCCCC5)C3)C(=O)C4(C)C)cc3ncn(C(C)C)c23)c(F)c(F)c1Cl. The number of carbonyl (C=O) groups excluding carboxylic acids is 2. The highest BCUT2D eigenvalue weighted by Crippen LogP contribution is 2.50. The van der Waals surface area contributed by atoms with Crippen LogP contribution in [0.2, 0.25) is 5.02 Å². The quantitative estimate of drug-likeness (QED) is 0.180. The molecule has 2 fully saturated rings. The normalized spacial score (nSPS) is 21.8. The standard InChI is InChI=1S/C38H44ClF2N7O2/c1-7-42-35(49)24-16-27(31(40)32(41)30(24)39)45-34-33-28(43-20-47(33)21(2)3)17-26(44-34)22-11-12-25-29(15-22)48(36(50)37(25,4)5)23-18-38(6,19-23)46-13-9-8-10-14-46/h11-12,15-17,20-21,23H,7-10,13-14,18-19H2,1-6H3,(H,42,49)(H,44,45). The van der Waals surface area contributed by atoms with Crippen molar-refractivity contribution in [3.8, 4) is 11.3 Å².